The number of benzene rings is 1. The Morgan fingerprint density at radius 2 is 2.20 bits per heavy atom. The van der Waals surface area contributed by atoms with E-state index in [4.69, 9.17) is 0 Å². The number of fused-ring (bicyclic) bond motifs is 1. The summed E-state index contributed by atoms with van der Waals surface area (Å²) in [5.41, 5.74) is 2.51. The molecule has 0 aliphatic heterocycles. The maximum Gasteiger partial charge on any atom is 0.0650 e. The number of rotatable bonds is 4. The Morgan fingerprint density at radius 1 is 1.33 bits per heavy atom. The summed E-state index contributed by atoms with van der Waals surface area (Å²) < 4.78 is 0. The second kappa shape index (κ2) is 4.45. The summed E-state index contributed by atoms with van der Waals surface area (Å²) in [5, 5.41) is 8.19. The fraction of sp³-hybridized carbons (Fsp3) is 0.417. The highest BCUT2D eigenvalue weighted by atomic mass is 15.1. The van der Waals surface area contributed by atoms with E-state index in [9.17, 15) is 0 Å². The molecular weight excluding hydrogens is 186 g/mol. The summed E-state index contributed by atoms with van der Waals surface area (Å²) in [7, 11) is 4.22. The van der Waals surface area contributed by atoms with Crippen molar-refractivity contribution in [3.8, 4) is 0 Å². The first-order chi connectivity index (χ1) is 7.25. The molecule has 1 heterocycles. The van der Waals surface area contributed by atoms with Crippen LogP contribution in [0.25, 0.3) is 10.9 Å². The fourth-order valence-electron chi connectivity index (χ4n) is 1.75. The lowest BCUT2D eigenvalue weighted by Gasteiger charge is -2.08. The third kappa shape index (κ3) is 2.57. The molecule has 0 atom stereocenters. The molecule has 2 aromatic rings. The van der Waals surface area contributed by atoms with E-state index in [1.165, 1.54) is 17.4 Å². The molecule has 3 heteroatoms. The number of nitrogens with zero attached hydrogens (tertiary/aromatic N) is 2. The zero-order valence-corrected chi connectivity index (χ0v) is 9.33. The van der Waals surface area contributed by atoms with Crippen LogP contribution in [0.1, 0.15) is 12.0 Å². The lowest BCUT2D eigenvalue weighted by molar-refractivity contribution is 0.400. The second-order valence-electron chi connectivity index (χ2n) is 4.20. The highest BCUT2D eigenvalue weighted by Gasteiger charge is 1.98. The molecule has 80 valence electrons. The molecule has 1 N–H and O–H groups in total. The Morgan fingerprint density at radius 3 is 3.00 bits per heavy atom. The summed E-state index contributed by atoms with van der Waals surface area (Å²) in [4.78, 5) is 2.22. The van der Waals surface area contributed by atoms with E-state index in [1.807, 2.05) is 6.20 Å². The standard InChI is InChI=1S/C12H17N3/c1-15(2)7-3-4-10-5-6-12-11(8-10)9-13-14-12/h5-6,8-9H,3-4,7H2,1-2H3,(H,13,14). The molecule has 0 fully saturated rings. The summed E-state index contributed by atoms with van der Waals surface area (Å²) >= 11 is 0. The largest absolute Gasteiger partial charge is 0.309 e. The summed E-state index contributed by atoms with van der Waals surface area (Å²) in [6.07, 6.45) is 4.22. The van der Waals surface area contributed by atoms with Gasteiger partial charge in [-0.2, -0.15) is 5.10 Å². The van der Waals surface area contributed by atoms with E-state index in [0.717, 1.165) is 18.5 Å². The molecule has 0 amide bonds. The van der Waals surface area contributed by atoms with Crippen molar-refractivity contribution < 1.29 is 0 Å². The van der Waals surface area contributed by atoms with Crippen molar-refractivity contribution in [1.29, 1.82) is 0 Å². The molecule has 0 aliphatic carbocycles. The number of hydrogen-bond donors (Lipinski definition) is 1. The molecule has 1 aromatic heterocycles. The third-order valence-corrected chi connectivity index (χ3v) is 2.58. The highest BCUT2D eigenvalue weighted by molar-refractivity contribution is 5.78. The maximum absolute atomic E-state index is 4.02. The molecule has 2 rings (SSSR count). The Kier molecular flexibility index (Phi) is 3.02. The Labute approximate surface area is 90.1 Å². The van der Waals surface area contributed by atoms with Crippen LogP contribution in [0.5, 0.6) is 0 Å². The van der Waals surface area contributed by atoms with Crippen LogP contribution in [-0.2, 0) is 6.42 Å². The van der Waals surface area contributed by atoms with Crippen LogP contribution < -0.4 is 0 Å². The van der Waals surface area contributed by atoms with Crippen LogP contribution in [0.15, 0.2) is 24.4 Å². The van der Waals surface area contributed by atoms with Gasteiger partial charge in [0, 0.05) is 5.39 Å². The van der Waals surface area contributed by atoms with Gasteiger partial charge in [-0.3, -0.25) is 5.10 Å². The van der Waals surface area contributed by atoms with E-state index in [1.54, 1.807) is 0 Å². The van der Waals surface area contributed by atoms with Gasteiger partial charge < -0.3 is 4.90 Å². The van der Waals surface area contributed by atoms with Crippen LogP contribution in [0, 0.1) is 0 Å². The molecule has 0 saturated heterocycles. The first kappa shape index (κ1) is 10.2. The van der Waals surface area contributed by atoms with E-state index in [0.29, 0.717) is 0 Å². The van der Waals surface area contributed by atoms with Crippen molar-refractivity contribution in [1.82, 2.24) is 15.1 Å². The quantitative estimate of drug-likeness (QED) is 0.824. The van der Waals surface area contributed by atoms with Gasteiger partial charge in [0.05, 0.1) is 11.7 Å². The molecule has 0 spiro atoms. The lowest BCUT2D eigenvalue weighted by atomic mass is 10.1. The van der Waals surface area contributed by atoms with Crippen molar-refractivity contribution in [2.24, 2.45) is 0 Å². The van der Waals surface area contributed by atoms with Gasteiger partial charge in [0.15, 0.2) is 0 Å². The van der Waals surface area contributed by atoms with Crippen molar-refractivity contribution in [2.45, 2.75) is 12.8 Å². The summed E-state index contributed by atoms with van der Waals surface area (Å²) in [5.74, 6) is 0. The fourth-order valence-corrected chi connectivity index (χ4v) is 1.75. The molecule has 1 aromatic carbocycles. The average molecular weight is 203 g/mol. The second-order valence-corrected chi connectivity index (χ2v) is 4.20. The molecule has 0 unspecified atom stereocenters. The number of aromatic amines is 1. The molecule has 0 radical (unpaired) electrons. The Balaban J connectivity index is 2.02. The molecule has 15 heavy (non-hydrogen) atoms. The van der Waals surface area contributed by atoms with Gasteiger partial charge >= 0.3 is 0 Å². The topological polar surface area (TPSA) is 31.9 Å². The van der Waals surface area contributed by atoms with Crippen LogP contribution in [0.4, 0.5) is 0 Å². The zero-order valence-electron chi connectivity index (χ0n) is 9.33. The Hall–Kier alpha value is -1.35. The lowest BCUT2D eigenvalue weighted by Crippen LogP contribution is -2.13. The minimum Gasteiger partial charge on any atom is -0.309 e. The first-order valence-electron chi connectivity index (χ1n) is 5.32. The van der Waals surface area contributed by atoms with Crippen molar-refractivity contribution in [3.05, 3.63) is 30.0 Å². The van der Waals surface area contributed by atoms with E-state index < -0.39 is 0 Å². The molecule has 3 nitrogen and oxygen atoms in total. The monoisotopic (exact) mass is 203 g/mol. The summed E-state index contributed by atoms with van der Waals surface area (Å²) in [6.45, 7) is 1.14. The minimum atomic E-state index is 1.12. The van der Waals surface area contributed by atoms with Gasteiger partial charge in [-0.25, -0.2) is 0 Å². The number of hydrogen-bond acceptors (Lipinski definition) is 2. The van der Waals surface area contributed by atoms with Gasteiger partial charge in [0.1, 0.15) is 0 Å². The van der Waals surface area contributed by atoms with Crippen LogP contribution in [-0.4, -0.2) is 35.7 Å². The molecular formula is C12H17N3. The average Bonchev–Trinajstić information content (AvgIpc) is 2.64. The van der Waals surface area contributed by atoms with Crippen molar-refractivity contribution in [3.63, 3.8) is 0 Å². The maximum atomic E-state index is 4.02. The van der Waals surface area contributed by atoms with Gasteiger partial charge in [0.25, 0.3) is 0 Å². The van der Waals surface area contributed by atoms with E-state index >= 15 is 0 Å². The highest BCUT2D eigenvalue weighted by Crippen LogP contribution is 2.14. The minimum absolute atomic E-state index is 1.12. The van der Waals surface area contributed by atoms with Gasteiger partial charge in [0.2, 0.25) is 0 Å². The first-order valence-corrected chi connectivity index (χ1v) is 5.32. The van der Waals surface area contributed by atoms with Crippen molar-refractivity contribution >= 4 is 10.9 Å². The third-order valence-electron chi connectivity index (χ3n) is 2.58. The Bertz CT molecular complexity index is 431. The predicted molar refractivity (Wildman–Crippen MR) is 63.0 cm³/mol. The van der Waals surface area contributed by atoms with E-state index in [-0.39, 0.29) is 0 Å². The van der Waals surface area contributed by atoms with Gasteiger partial charge in [-0.15, -0.1) is 0 Å². The number of nitrogens with one attached hydrogen (secondary N) is 1. The molecule has 0 bridgehead atoms. The SMILES string of the molecule is CN(C)CCCc1ccc2[nH]ncc2c1. The van der Waals surface area contributed by atoms with Gasteiger partial charge in [-0.05, 0) is 51.2 Å². The number of H-pyrrole nitrogens is 1. The molecule has 0 saturated carbocycles. The molecule has 0 aliphatic rings. The van der Waals surface area contributed by atoms with Crippen LogP contribution in [0.3, 0.4) is 0 Å². The van der Waals surface area contributed by atoms with E-state index in [2.05, 4.69) is 47.4 Å². The van der Waals surface area contributed by atoms with Crippen molar-refractivity contribution in [2.75, 3.05) is 20.6 Å². The zero-order chi connectivity index (χ0) is 10.7. The number of aromatic nitrogens is 2. The predicted octanol–water partition coefficient (Wildman–Crippen LogP) is 2.06. The van der Waals surface area contributed by atoms with Crippen LogP contribution >= 0.6 is 0 Å². The summed E-state index contributed by atoms with van der Waals surface area (Å²) in [6, 6.07) is 6.50. The van der Waals surface area contributed by atoms with Gasteiger partial charge in [-0.1, -0.05) is 6.07 Å². The smallest absolute Gasteiger partial charge is 0.0650 e. The normalized spacial score (nSPS) is 11.4. The van der Waals surface area contributed by atoms with Crippen LogP contribution in [0.2, 0.25) is 0 Å². The number of aryl methyl sites for hydroxylation is 1.